The van der Waals surface area contributed by atoms with Crippen molar-refractivity contribution in [1.29, 1.82) is 0 Å². The number of nitrogens with one attached hydrogen (secondary N) is 1. The van der Waals surface area contributed by atoms with Gasteiger partial charge in [0.2, 0.25) is 0 Å². The lowest BCUT2D eigenvalue weighted by atomic mass is 9.81. The molecule has 23 nitrogen and oxygen atoms in total. The lowest BCUT2D eigenvalue weighted by Gasteiger charge is -2.52. The fraction of sp³-hybridized carbons (Fsp3) is 0.683. The topological polar surface area (TPSA) is 273 Å². The van der Waals surface area contributed by atoms with E-state index in [0.29, 0.717) is 6.42 Å². The van der Waals surface area contributed by atoms with Crippen molar-refractivity contribution in [2.24, 2.45) is 45.7 Å². The Morgan fingerprint density at radius 3 is 1.52 bits per heavy atom. The van der Waals surface area contributed by atoms with E-state index in [1.165, 1.54) is 14.0 Å². The maximum atomic E-state index is 13.4. The highest BCUT2D eigenvalue weighted by Gasteiger charge is 2.55. The number of carbonyl (C=O) groups excluding carboxylic acids is 2. The monoisotopic (exact) mass is 1200 g/mol. The van der Waals surface area contributed by atoms with Gasteiger partial charge in [-0.1, -0.05) is 157 Å². The van der Waals surface area contributed by atoms with Crippen LogP contribution in [-0.4, -0.2) is 142 Å². The van der Waals surface area contributed by atoms with Crippen LogP contribution in [0.15, 0.2) is 101 Å². The largest absolute Gasteiger partial charge is 0.463 e. The molecule has 1 amide bonds. The van der Waals surface area contributed by atoms with Crippen molar-refractivity contribution < 1.29 is 75.9 Å². The Hall–Kier alpha value is -5.46. The number of hydrogen-bond acceptors (Lipinski definition) is 18. The average molecular weight is 1200 g/mol. The highest BCUT2D eigenvalue weighted by atomic mass is 16.8. The summed E-state index contributed by atoms with van der Waals surface area (Å²) < 4.78 is 92.1. The second-order valence-corrected chi connectivity index (χ2v) is 23.6. The highest BCUT2D eigenvalue weighted by Crippen LogP contribution is 2.43. The van der Waals surface area contributed by atoms with Crippen LogP contribution in [0, 0.1) is 35.5 Å². The number of carbonyl (C=O) groups is 2. The van der Waals surface area contributed by atoms with Gasteiger partial charge >= 0.3 is 12.1 Å². The van der Waals surface area contributed by atoms with Crippen molar-refractivity contribution in [3.05, 3.63) is 129 Å². The Kier molecular flexibility index (Phi) is 24.5. The Balaban J connectivity index is 1.02. The lowest BCUT2D eigenvalue weighted by molar-refractivity contribution is -0.367. The number of hydrogen-bond donors (Lipinski definition) is 1. The van der Waals surface area contributed by atoms with Gasteiger partial charge in [0.1, 0.15) is 31.5 Å². The van der Waals surface area contributed by atoms with Gasteiger partial charge in [0.25, 0.3) is 0 Å². The summed E-state index contributed by atoms with van der Waals surface area (Å²) in [6.07, 6.45) is -11.4. The number of rotatable bonds is 24. The molecule has 5 saturated heterocycles. The molecule has 5 heterocycles. The third-order valence-corrected chi connectivity index (χ3v) is 17.9. The van der Waals surface area contributed by atoms with Crippen LogP contribution < -0.4 is 5.32 Å². The van der Waals surface area contributed by atoms with E-state index in [4.69, 9.17) is 66.3 Å². The summed E-state index contributed by atoms with van der Waals surface area (Å²) in [5.41, 5.74) is 22.6. The third-order valence-electron chi connectivity index (χ3n) is 17.9. The number of amides is 1. The summed E-state index contributed by atoms with van der Waals surface area (Å²) in [5, 5.41) is 11.5. The van der Waals surface area contributed by atoms with E-state index in [9.17, 15) is 20.7 Å². The van der Waals surface area contributed by atoms with E-state index in [1.807, 2.05) is 139 Å². The smallest absolute Gasteiger partial charge is 0.407 e. The van der Waals surface area contributed by atoms with Gasteiger partial charge in [-0.05, 0) is 72.2 Å². The number of methoxy groups -OCH3 is 1. The fourth-order valence-corrected chi connectivity index (χ4v) is 12.7. The SMILES string of the molecule is CCC1O[C@H](O[C@@H]2C(C)O[C@@H](O[C@@H]3C(CC)O[C@@H](O[C@@H]4C(C)O[C@@H](O[C@@H]5C(COC(C)=O)O[C@H](OC)C(NC(=O)OCc6ccccc6)[C@H]5C)C(C)[C@@H]4OCc4ccccc4)C(N=[N+]=[N-])[C@H]3C)C(OCc3ccccc3)[C@H]2C)C(N=[N+]=[N-])[C@@H](C)[C@@H]1C. The number of nitrogens with zero attached hydrogens (tertiary/aromatic N) is 6. The van der Waals surface area contributed by atoms with Gasteiger partial charge in [0, 0.05) is 41.6 Å². The van der Waals surface area contributed by atoms with Crippen LogP contribution >= 0.6 is 0 Å². The zero-order chi connectivity index (χ0) is 61.6. The second kappa shape index (κ2) is 31.6. The van der Waals surface area contributed by atoms with Crippen LogP contribution in [-0.2, 0) is 90.9 Å². The Morgan fingerprint density at radius 1 is 0.488 bits per heavy atom. The van der Waals surface area contributed by atoms with Crippen molar-refractivity contribution in [1.82, 2.24) is 5.32 Å². The van der Waals surface area contributed by atoms with Crippen LogP contribution in [0.5, 0.6) is 0 Å². The molecular weight excluding hydrogens is 1110 g/mol. The van der Waals surface area contributed by atoms with Gasteiger partial charge < -0.3 is 71.6 Å². The van der Waals surface area contributed by atoms with Crippen LogP contribution in [0.2, 0.25) is 0 Å². The summed E-state index contributed by atoms with van der Waals surface area (Å²) in [6.45, 7) is 21.4. The molecule has 0 bridgehead atoms. The van der Waals surface area contributed by atoms with E-state index in [2.05, 4.69) is 46.1 Å². The lowest BCUT2D eigenvalue weighted by Crippen LogP contribution is -2.64. The van der Waals surface area contributed by atoms with Crippen molar-refractivity contribution in [3.63, 3.8) is 0 Å². The molecule has 23 heteroatoms. The number of benzene rings is 3. The summed E-state index contributed by atoms with van der Waals surface area (Å²) in [5.74, 6) is -2.30. The van der Waals surface area contributed by atoms with E-state index in [1.54, 1.807) is 0 Å². The molecule has 0 aromatic heterocycles. The predicted molar refractivity (Wildman–Crippen MR) is 313 cm³/mol. The molecule has 5 aliphatic heterocycles. The minimum atomic E-state index is -1.10. The molecular formula is C63H89N7O16. The standard InChI is InChI=1S/C63H89N7O16/c1-13-46-34(3)35(4)50(67-69-64)60(80-46)83-52-38(7)56(76-31-44-26-20-16-21-27-44)62(79-40(52)9)85-53-37(6)51(68-70-65)61(81-47(53)14-2)86-57-41(10)78-58(39(8)55(57)75-30-43-24-18-15-19-25-43)84-54-36(5)49(59(73-12)82-48(54)33-74-42(11)71)66-63(72)77-32-45-28-22-17-23-29-45/h15-29,34-41,46-62H,13-14,30-33H2,1-12H3,(H,66,72)/t34-,35-,36+,37+,38-,39?,40?,41?,46?,47?,48?,49?,50?,51?,52-,53-,54-,55-,56?,57+,58-,59-,60+,61-,62-/m0/s1. The van der Waals surface area contributed by atoms with Crippen LogP contribution in [0.3, 0.4) is 0 Å². The van der Waals surface area contributed by atoms with E-state index in [-0.39, 0.29) is 50.3 Å². The third kappa shape index (κ3) is 16.2. The van der Waals surface area contributed by atoms with Crippen LogP contribution in [0.1, 0.15) is 106 Å². The first kappa shape index (κ1) is 66.5. The average Bonchev–Trinajstić information content (AvgIpc) is 1.75. The highest BCUT2D eigenvalue weighted by molar-refractivity contribution is 5.68. The zero-order valence-electron chi connectivity index (χ0n) is 51.6. The van der Waals surface area contributed by atoms with Crippen LogP contribution in [0.4, 0.5) is 4.79 Å². The first-order valence-corrected chi connectivity index (χ1v) is 30.4. The molecule has 0 spiro atoms. The maximum absolute atomic E-state index is 13.4. The molecule has 86 heavy (non-hydrogen) atoms. The summed E-state index contributed by atoms with van der Waals surface area (Å²) in [4.78, 5) is 32.2. The van der Waals surface area contributed by atoms with Crippen molar-refractivity contribution in [3.8, 4) is 0 Å². The summed E-state index contributed by atoms with van der Waals surface area (Å²) in [7, 11) is 1.46. The van der Waals surface area contributed by atoms with Crippen molar-refractivity contribution in [2.45, 2.75) is 226 Å². The fourth-order valence-electron chi connectivity index (χ4n) is 12.7. The normalized spacial score (nSPS) is 38.1. The van der Waals surface area contributed by atoms with Gasteiger partial charge in [-0.25, -0.2) is 4.79 Å². The maximum Gasteiger partial charge on any atom is 0.407 e. The molecule has 0 radical (unpaired) electrons. The number of alkyl carbamates (subject to hydrolysis) is 1. The summed E-state index contributed by atoms with van der Waals surface area (Å²) in [6, 6.07) is 26.6. The van der Waals surface area contributed by atoms with Crippen molar-refractivity contribution in [2.75, 3.05) is 13.7 Å². The molecule has 8 rings (SSSR count). The van der Waals surface area contributed by atoms with Gasteiger partial charge in [0.15, 0.2) is 31.5 Å². The molecule has 1 N–H and O–H groups in total. The molecule has 3 aromatic rings. The van der Waals surface area contributed by atoms with Gasteiger partial charge in [0.05, 0.1) is 80.2 Å². The first-order chi connectivity index (χ1) is 41.5. The molecule has 25 atom stereocenters. The molecule has 5 aliphatic rings. The zero-order valence-corrected chi connectivity index (χ0v) is 51.6. The molecule has 5 fully saturated rings. The summed E-state index contributed by atoms with van der Waals surface area (Å²) >= 11 is 0. The number of ether oxygens (including phenoxy) is 14. The minimum Gasteiger partial charge on any atom is -0.463 e. The van der Waals surface area contributed by atoms with E-state index in [0.717, 1.165) is 23.1 Å². The molecule has 3 aromatic carbocycles. The predicted octanol–water partition coefficient (Wildman–Crippen LogP) is 10.9. The molecule has 0 aliphatic carbocycles. The Morgan fingerprint density at radius 2 is 0.965 bits per heavy atom. The quantitative estimate of drug-likeness (QED) is 0.0378. The van der Waals surface area contributed by atoms with Crippen LogP contribution in [0.25, 0.3) is 20.9 Å². The second-order valence-electron chi connectivity index (χ2n) is 23.6. The van der Waals surface area contributed by atoms with E-state index >= 15 is 0 Å². The van der Waals surface area contributed by atoms with Gasteiger partial charge in [-0.3, -0.25) is 4.79 Å². The first-order valence-electron chi connectivity index (χ1n) is 30.4. The van der Waals surface area contributed by atoms with Gasteiger partial charge in [-0.2, -0.15) is 0 Å². The van der Waals surface area contributed by atoms with Gasteiger partial charge in [-0.15, -0.1) is 0 Å². The Bertz CT molecular complexity index is 2680. The van der Waals surface area contributed by atoms with E-state index < -0.39 is 140 Å². The van der Waals surface area contributed by atoms with Crippen molar-refractivity contribution >= 4 is 12.1 Å². The number of azide groups is 2. The number of esters is 1. The minimum absolute atomic E-state index is 0.00834. The Labute approximate surface area is 505 Å². The molecule has 0 saturated carbocycles. The molecule has 10 unspecified atom stereocenters. The molecule has 472 valence electrons.